The zero-order valence-electron chi connectivity index (χ0n) is 14.7. The van der Waals surface area contributed by atoms with Gasteiger partial charge in [0.25, 0.3) is 5.76 Å². The van der Waals surface area contributed by atoms with Crippen LogP contribution in [0.1, 0.15) is 95.0 Å². The number of rotatable bonds is 14. The van der Waals surface area contributed by atoms with E-state index < -0.39 is 5.97 Å². The summed E-state index contributed by atoms with van der Waals surface area (Å²) in [6.07, 6.45) is 14.6. The highest BCUT2D eigenvalue weighted by Crippen LogP contribution is 2.24. The number of carboxylic acids is 1. The fourth-order valence-electron chi connectivity index (χ4n) is 2.75. The van der Waals surface area contributed by atoms with Crippen LogP contribution in [0.5, 0.6) is 5.75 Å². The molecular weight excluding hydrogens is 292 g/mol. The Bertz CT molecular complexity index is 425. The highest BCUT2D eigenvalue weighted by molar-refractivity contribution is 5.87. The Morgan fingerprint density at radius 1 is 1.04 bits per heavy atom. The molecule has 0 aromatic carbocycles. The van der Waals surface area contributed by atoms with Crippen molar-refractivity contribution in [3.8, 4) is 5.75 Å². The van der Waals surface area contributed by atoms with Crippen molar-refractivity contribution in [1.29, 1.82) is 0 Å². The molecule has 0 bridgehead atoms. The molecule has 132 valence electrons. The third-order valence-corrected chi connectivity index (χ3v) is 4.13. The predicted molar refractivity (Wildman–Crippen MR) is 92.2 cm³/mol. The molecule has 0 saturated carbocycles. The second-order valence-electron chi connectivity index (χ2n) is 6.21. The first-order valence-electron chi connectivity index (χ1n) is 9.16. The van der Waals surface area contributed by atoms with Crippen molar-refractivity contribution in [2.45, 2.75) is 90.6 Å². The van der Waals surface area contributed by atoms with Gasteiger partial charge >= 0.3 is 5.97 Å². The van der Waals surface area contributed by atoms with Gasteiger partial charge in [0.2, 0.25) is 0 Å². The van der Waals surface area contributed by atoms with Gasteiger partial charge in [-0.2, -0.15) is 0 Å². The molecule has 4 nitrogen and oxygen atoms in total. The zero-order chi connectivity index (χ0) is 16.9. The van der Waals surface area contributed by atoms with Gasteiger partial charge in [-0.05, 0) is 19.3 Å². The topological polar surface area (TPSA) is 59.7 Å². The van der Waals surface area contributed by atoms with Crippen LogP contribution in [0, 0.1) is 0 Å². The fourth-order valence-corrected chi connectivity index (χ4v) is 2.75. The minimum Gasteiger partial charge on any atom is -0.486 e. The molecule has 0 fully saturated rings. The quantitative estimate of drug-likeness (QED) is 0.423. The summed E-state index contributed by atoms with van der Waals surface area (Å²) in [6.45, 7) is 4.39. The van der Waals surface area contributed by atoms with Crippen LogP contribution in [-0.2, 0) is 0 Å². The SMILES string of the molecule is CCCCCCCCCC(CCCC)Oc1ccoc1C(=O)O. The third kappa shape index (κ3) is 8.10. The number of unbranched alkanes of at least 4 members (excludes halogenated alkanes) is 7. The Hall–Kier alpha value is -1.45. The van der Waals surface area contributed by atoms with Crippen molar-refractivity contribution in [2.75, 3.05) is 0 Å². The standard InChI is InChI=1S/C19H32O4/c1-3-5-7-8-9-10-11-13-16(12-6-4-2)23-17-14-15-22-18(17)19(20)21/h14-16H,3-13H2,1-2H3,(H,20,21). The molecule has 1 unspecified atom stereocenters. The van der Waals surface area contributed by atoms with E-state index in [1.807, 2.05) is 0 Å². The van der Waals surface area contributed by atoms with Crippen LogP contribution < -0.4 is 4.74 Å². The summed E-state index contributed by atoms with van der Waals surface area (Å²) in [5.74, 6) is -0.803. The van der Waals surface area contributed by atoms with E-state index >= 15 is 0 Å². The number of aromatic carboxylic acids is 1. The van der Waals surface area contributed by atoms with Crippen molar-refractivity contribution >= 4 is 5.97 Å². The van der Waals surface area contributed by atoms with E-state index in [4.69, 9.17) is 14.3 Å². The third-order valence-electron chi connectivity index (χ3n) is 4.13. The van der Waals surface area contributed by atoms with E-state index in [9.17, 15) is 4.79 Å². The molecule has 0 radical (unpaired) electrons. The van der Waals surface area contributed by atoms with Gasteiger partial charge in [-0.3, -0.25) is 0 Å². The van der Waals surface area contributed by atoms with E-state index in [0.29, 0.717) is 5.75 Å². The molecule has 1 rings (SSSR count). The van der Waals surface area contributed by atoms with Crippen molar-refractivity contribution in [3.05, 3.63) is 18.1 Å². The van der Waals surface area contributed by atoms with Crippen molar-refractivity contribution in [1.82, 2.24) is 0 Å². The molecule has 1 N–H and O–H groups in total. The molecule has 23 heavy (non-hydrogen) atoms. The van der Waals surface area contributed by atoms with Crippen molar-refractivity contribution in [3.63, 3.8) is 0 Å². The second kappa shape index (κ2) is 12.0. The van der Waals surface area contributed by atoms with Gasteiger partial charge in [-0.1, -0.05) is 65.2 Å². The lowest BCUT2D eigenvalue weighted by Gasteiger charge is -2.18. The Morgan fingerprint density at radius 2 is 1.65 bits per heavy atom. The van der Waals surface area contributed by atoms with Crippen molar-refractivity contribution < 1.29 is 19.1 Å². The average molecular weight is 324 g/mol. The maximum atomic E-state index is 11.1. The van der Waals surface area contributed by atoms with Gasteiger partial charge in [0.05, 0.1) is 12.4 Å². The smallest absolute Gasteiger partial charge is 0.375 e. The summed E-state index contributed by atoms with van der Waals surface area (Å²) in [6, 6.07) is 1.60. The molecule has 1 aromatic rings. The normalized spacial score (nSPS) is 12.3. The lowest BCUT2D eigenvalue weighted by molar-refractivity contribution is 0.0649. The van der Waals surface area contributed by atoms with E-state index in [2.05, 4.69) is 13.8 Å². The molecule has 0 aliphatic rings. The van der Waals surface area contributed by atoms with Crippen LogP contribution in [0.25, 0.3) is 0 Å². The van der Waals surface area contributed by atoms with Gasteiger partial charge in [-0.25, -0.2) is 4.79 Å². The lowest BCUT2D eigenvalue weighted by Crippen LogP contribution is -2.17. The maximum absolute atomic E-state index is 11.1. The molecule has 4 heteroatoms. The summed E-state index contributed by atoms with van der Waals surface area (Å²) in [5.41, 5.74) is 0. The van der Waals surface area contributed by atoms with E-state index in [0.717, 1.165) is 32.1 Å². The predicted octanol–water partition coefficient (Wildman–Crippen LogP) is 6.06. The number of ether oxygens (including phenoxy) is 1. The van der Waals surface area contributed by atoms with Crippen LogP contribution in [0.15, 0.2) is 16.7 Å². The molecule has 1 aromatic heterocycles. The fraction of sp³-hybridized carbons (Fsp3) is 0.737. The summed E-state index contributed by atoms with van der Waals surface area (Å²) in [5, 5.41) is 9.09. The molecule has 1 atom stereocenters. The monoisotopic (exact) mass is 324 g/mol. The van der Waals surface area contributed by atoms with Crippen LogP contribution >= 0.6 is 0 Å². The van der Waals surface area contributed by atoms with E-state index in [1.165, 1.54) is 44.8 Å². The number of carboxylic acid groups (broad SMARTS) is 1. The Kier molecular flexibility index (Phi) is 10.3. The van der Waals surface area contributed by atoms with Crippen LogP contribution in [0.2, 0.25) is 0 Å². The second-order valence-corrected chi connectivity index (χ2v) is 6.21. The maximum Gasteiger partial charge on any atom is 0.375 e. The summed E-state index contributed by atoms with van der Waals surface area (Å²) in [7, 11) is 0. The van der Waals surface area contributed by atoms with Gasteiger partial charge < -0.3 is 14.3 Å². The van der Waals surface area contributed by atoms with Crippen LogP contribution in [0.3, 0.4) is 0 Å². The first-order valence-corrected chi connectivity index (χ1v) is 9.16. The van der Waals surface area contributed by atoms with Gasteiger partial charge in [0.1, 0.15) is 0 Å². The first kappa shape index (κ1) is 19.6. The van der Waals surface area contributed by atoms with Gasteiger partial charge in [-0.15, -0.1) is 0 Å². The zero-order valence-corrected chi connectivity index (χ0v) is 14.7. The average Bonchev–Trinajstić information content (AvgIpc) is 2.99. The molecule has 0 aliphatic heterocycles. The van der Waals surface area contributed by atoms with Crippen molar-refractivity contribution in [2.24, 2.45) is 0 Å². The highest BCUT2D eigenvalue weighted by Gasteiger charge is 2.19. The molecule has 0 amide bonds. The van der Waals surface area contributed by atoms with Crippen LogP contribution in [-0.4, -0.2) is 17.2 Å². The van der Waals surface area contributed by atoms with Gasteiger partial charge in [0.15, 0.2) is 5.75 Å². The Balaban J connectivity index is 2.37. The number of hydrogen-bond donors (Lipinski definition) is 1. The molecular formula is C19H32O4. The largest absolute Gasteiger partial charge is 0.486 e. The van der Waals surface area contributed by atoms with Gasteiger partial charge in [0, 0.05) is 6.07 Å². The van der Waals surface area contributed by atoms with Crippen LogP contribution in [0.4, 0.5) is 0 Å². The molecule has 0 spiro atoms. The van der Waals surface area contributed by atoms with E-state index in [1.54, 1.807) is 6.07 Å². The minimum atomic E-state index is -1.07. The molecule has 0 aliphatic carbocycles. The number of carbonyl (C=O) groups is 1. The summed E-state index contributed by atoms with van der Waals surface area (Å²) >= 11 is 0. The first-order chi connectivity index (χ1) is 11.2. The highest BCUT2D eigenvalue weighted by atomic mass is 16.5. The Labute approximate surface area is 140 Å². The number of furan rings is 1. The van der Waals surface area contributed by atoms with E-state index in [-0.39, 0.29) is 11.9 Å². The number of hydrogen-bond acceptors (Lipinski definition) is 3. The summed E-state index contributed by atoms with van der Waals surface area (Å²) < 4.78 is 10.9. The minimum absolute atomic E-state index is 0.0845. The lowest BCUT2D eigenvalue weighted by atomic mass is 10.0. The summed E-state index contributed by atoms with van der Waals surface area (Å²) in [4.78, 5) is 11.1. The molecule has 1 heterocycles. The molecule has 0 saturated heterocycles. The Morgan fingerprint density at radius 3 is 2.30 bits per heavy atom.